The van der Waals surface area contributed by atoms with Gasteiger partial charge in [-0.25, -0.2) is 13.4 Å². The second-order valence-corrected chi connectivity index (χ2v) is 7.81. The van der Waals surface area contributed by atoms with Gasteiger partial charge in [0.1, 0.15) is 0 Å². The summed E-state index contributed by atoms with van der Waals surface area (Å²) in [6.45, 7) is 0. The Bertz CT molecular complexity index is 1100. The highest BCUT2D eigenvalue weighted by atomic mass is 35.5. The van der Waals surface area contributed by atoms with Gasteiger partial charge in [-0.05, 0) is 42.5 Å². The van der Waals surface area contributed by atoms with Crippen LogP contribution in [0, 0.1) is 0 Å². The second-order valence-electron chi connectivity index (χ2n) is 5.69. The number of carbonyl (C=O) groups excluding carboxylic acids is 1. The summed E-state index contributed by atoms with van der Waals surface area (Å²) in [6.07, 6.45) is 1.44. The molecule has 2 N–H and O–H groups in total. The first-order chi connectivity index (χ1) is 13.4. The van der Waals surface area contributed by atoms with Crippen molar-refractivity contribution in [1.82, 2.24) is 4.98 Å². The lowest BCUT2D eigenvalue weighted by Crippen LogP contribution is -2.16. The van der Waals surface area contributed by atoms with Crippen molar-refractivity contribution < 1.29 is 17.9 Å². The largest absolute Gasteiger partial charge is 0.481 e. The molecule has 0 fully saturated rings. The van der Waals surface area contributed by atoms with Crippen LogP contribution < -0.4 is 14.8 Å². The number of hydrogen-bond donors (Lipinski definition) is 2. The lowest BCUT2D eigenvalue weighted by molar-refractivity contribution is 0.102. The number of ether oxygens (including phenoxy) is 1. The van der Waals surface area contributed by atoms with Gasteiger partial charge in [-0.15, -0.1) is 0 Å². The monoisotopic (exact) mass is 417 g/mol. The molecule has 7 nitrogen and oxygen atoms in total. The van der Waals surface area contributed by atoms with Gasteiger partial charge in [-0.3, -0.25) is 9.52 Å². The predicted octanol–water partition coefficient (Wildman–Crippen LogP) is 3.80. The minimum absolute atomic E-state index is 0.0482. The van der Waals surface area contributed by atoms with E-state index in [4.69, 9.17) is 16.3 Å². The van der Waals surface area contributed by atoms with Crippen LogP contribution in [0.3, 0.4) is 0 Å². The van der Waals surface area contributed by atoms with Crippen molar-refractivity contribution in [2.75, 3.05) is 17.1 Å². The van der Waals surface area contributed by atoms with Crippen LogP contribution in [0.25, 0.3) is 0 Å². The maximum atomic E-state index is 12.6. The number of methoxy groups -OCH3 is 1. The van der Waals surface area contributed by atoms with Gasteiger partial charge < -0.3 is 10.1 Å². The summed E-state index contributed by atoms with van der Waals surface area (Å²) in [5.74, 6) is -0.0510. The number of nitrogens with one attached hydrogen (secondary N) is 2. The molecule has 0 unspecified atom stereocenters. The summed E-state index contributed by atoms with van der Waals surface area (Å²) < 4.78 is 32.6. The number of halogens is 1. The molecule has 0 radical (unpaired) electrons. The normalized spacial score (nSPS) is 10.9. The molecule has 1 amide bonds. The molecule has 28 heavy (non-hydrogen) atoms. The first-order valence-corrected chi connectivity index (χ1v) is 9.93. The van der Waals surface area contributed by atoms with Crippen molar-refractivity contribution in [3.8, 4) is 5.88 Å². The highest BCUT2D eigenvalue weighted by molar-refractivity contribution is 7.92. The standard InChI is InChI=1S/C19H16ClN3O4S/c1-27-18-9-8-16(12-21-18)22-19(24)13-4-2-7-17(10-13)28(25,26)23-15-6-3-5-14(20)11-15/h2-12,23H,1H3,(H,22,24). The third-order valence-electron chi connectivity index (χ3n) is 3.69. The number of sulfonamides is 1. The summed E-state index contributed by atoms with van der Waals surface area (Å²) in [6, 6.07) is 15.3. The molecule has 0 bridgehead atoms. The maximum absolute atomic E-state index is 12.6. The summed E-state index contributed by atoms with van der Waals surface area (Å²) in [7, 11) is -2.40. The van der Waals surface area contributed by atoms with E-state index in [1.165, 1.54) is 43.6 Å². The molecule has 0 aliphatic carbocycles. The number of amides is 1. The molecule has 3 aromatic rings. The van der Waals surface area contributed by atoms with Gasteiger partial charge in [-0.2, -0.15) is 0 Å². The molecule has 0 spiro atoms. The van der Waals surface area contributed by atoms with Gasteiger partial charge in [0.2, 0.25) is 5.88 Å². The maximum Gasteiger partial charge on any atom is 0.261 e. The predicted molar refractivity (Wildman–Crippen MR) is 107 cm³/mol. The average molecular weight is 418 g/mol. The van der Waals surface area contributed by atoms with E-state index in [0.29, 0.717) is 22.3 Å². The molecule has 2 aromatic carbocycles. The van der Waals surface area contributed by atoms with Crippen molar-refractivity contribution in [2.45, 2.75) is 4.90 Å². The van der Waals surface area contributed by atoms with Crippen LogP contribution in [-0.2, 0) is 10.0 Å². The average Bonchev–Trinajstić information content (AvgIpc) is 2.68. The Kier molecular flexibility index (Phi) is 5.81. The highest BCUT2D eigenvalue weighted by Gasteiger charge is 2.17. The van der Waals surface area contributed by atoms with Crippen molar-refractivity contribution in [2.24, 2.45) is 0 Å². The smallest absolute Gasteiger partial charge is 0.261 e. The van der Waals surface area contributed by atoms with Crippen LogP contribution in [0.2, 0.25) is 5.02 Å². The van der Waals surface area contributed by atoms with Crippen LogP contribution >= 0.6 is 11.6 Å². The Hall–Kier alpha value is -3.10. The van der Waals surface area contributed by atoms with E-state index >= 15 is 0 Å². The summed E-state index contributed by atoms with van der Waals surface area (Å²) in [5, 5.41) is 3.06. The number of rotatable bonds is 6. The Balaban J connectivity index is 1.79. The van der Waals surface area contributed by atoms with E-state index in [1.807, 2.05) is 0 Å². The van der Waals surface area contributed by atoms with Crippen LogP contribution in [0.4, 0.5) is 11.4 Å². The molecule has 1 heterocycles. The molecular formula is C19H16ClN3O4S. The lowest BCUT2D eigenvalue weighted by atomic mass is 10.2. The minimum atomic E-state index is -3.89. The van der Waals surface area contributed by atoms with E-state index in [-0.39, 0.29) is 10.5 Å². The van der Waals surface area contributed by atoms with Crippen molar-refractivity contribution in [3.63, 3.8) is 0 Å². The Morgan fingerprint density at radius 3 is 2.50 bits per heavy atom. The van der Waals surface area contributed by atoms with Gasteiger partial charge in [0, 0.05) is 16.7 Å². The summed E-state index contributed by atoms with van der Waals surface area (Å²) >= 11 is 5.88. The van der Waals surface area contributed by atoms with Crippen molar-refractivity contribution >= 4 is 38.9 Å². The van der Waals surface area contributed by atoms with E-state index in [1.54, 1.807) is 30.3 Å². The zero-order valence-corrected chi connectivity index (χ0v) is 16.3. The fourth-order valence-corrected chi connectivity index (χ4v) is 3.63. The van der Waals surface area contributed by atoms with Gasteiger partial charge in [0.05, 0.1) is 29.6 Å². The van der Waals surface area contributed by atoms with E-state index in [0.717, 1.165) is 0 Å². The van der Waals surface area contributed by atoms with Crippen LogP contribution in [0.5, 0.6) is 5.88 Å². The zero-order chi connectivity index (χ0) is 20.1. The topological polar surface area (TPSA) is 97.4 Å². The van der Waals surface area contributed by atoms with Gasteiger partial charge >= 0.3 is 0 Å². The van der Waals surface area contributed by atoms with Crippen LogP contribution in [0.15, 0.2) is 71.8 Å². The van der Waals surface area contributed by atoms with Gasteiger partial charge in [0.25, 0.3) is 15.9 Å². The van der Waals surface area contributed by atoms with Crippen molar-refractivity contribution in [1.29, 1.82) is 0 Å². The third-order valence-corrected chi connectivity index (χ3v) is 5.30. The van der Waals surface area contributed by atoms with E-state index in [9.17, 15) is 13.2 Å². The van der Waals surface area contributed by atoms with Crippen LogP contribution in [0.1, 0.15) is 10.4 Å². The van der Waals surface area contributed by atoms with Gasteiger partial charge in [0.15, 0.2) is 0 Å². The minimum Gasteiger partial charge on any atom is -0.481 e. The number of nitrogens with zero attached hydrogens (tertiary/aromatic N) is 1. The number of pyridine rings is 1. The molecule has 0 saturated heterocycles. The highest BCUT2D eigenvalue weighted by Crippen LogP contribution is 2.20. The fourth-order valence-electron chi connectivity index (χ4n) is 2.35. The van der Waals surface area contributed by atoms with Crippen molar-refractivity contribution in [3.05, 3.63) is 77.4 Å². The van der Waals surface area contributed by atoms with E-state index < -0.39 is 15.9 Å². The lowest BCUT2D eigenvalue weighted by Gasteiger charge is -2.10. The van der Waals surface area contributed by atoms with Gasteiger partial charge in [-0.1, -0.05) is 23.7 Å². The first-order valence-electron chi connectivity index (χ1n) is 8.07. The SMILES string of the molecule is COc1ccc(NC(=O)c2cccc(S(=O)(=O)Nc3cccc(Cl)c3)c2)cn1. The molecule has 144 valence electrons. The molecular weight excluding hydrogens is 402 g/mol. The summed E-state index contributed by atoms with van der Waals surface area (Å²) in [5.41, 5.74) is 0.965. The Morgan fingerprint density at radius 2 is 1.82 bits per heavy atom. The van der Waals surface area contributed by atoms with Crippen LogP contribution in [-0.4, -0.2) is 26.4 Å². The Morgan fingerprint density at radius 1 is 1.04 bits per heavy atom. The first kappa shape index (κ1) is 19.7. The summed E-state index contributed by atoms with van der Waals surface area (Å²) in [4.78, 5) is 16.4. The third kappa shape index (κ3) is 4.79. The quantitative estimate of drug-likeness (QED) is 0.635. The second kappa shape index (κ2) is 8.28. The number of carbonyl (C=O) groups is 1. The molecule has 0 aliphatic heterocycles. The number of hydrogen-bond acceptors (Lipinski definition) is 5. The zero-order valence-electron chi connectivity index (χ0n) is 14.7. The number of anilines is 2. The van der Waals surface area contributed by atoms with E-state index in [2.05, 4.69) is 15.0 Å². The molecule has 0 aliphatic rings. The number of benzene rings is 2. The molecule has 9 heteroatoms. The fraction of sp³-hybridized carbons (Fsp3) is 0.0526. The number of aromatic nitrogens is 1. The molecule has 0 saturated carbocycles. The molecule has 1 aromatic heterocycles. The molecule has 3 rings (SSSR count). The Labute approximate surface area is 167 Å². The molecule has 0 atom stereocenters.